The first-order valence-electron chi connectivity index (χ1n) is 6.48. The molecule has 1 amide bonds. The summed E-state index contributed by atoms with van der Waals surface area (Å²) in [5.74, 6) is 2.26. The number of fused-ring (bicyclic) bond motifs is 1. The predicted octanol–water partition coefficient (Wildman–Crippen LogP) is 0.806. The molecule has 2 N–H and O–H groups in total. The molecule has 7 nitrogen and oxygen atoms in total. The summed E-state index contributed by atoms with van der Waals surface area (Å²) < 4.78 is 0. The maximum atomic E-state index is 10.9. The van der Waals surface area contributed by atoms with Gasteiger partial charge in [0.15, 0.2) is 0 Å². The second kappa shape index (κ2) is 4.56. The first kappa shape index (κ1) is 12.0. The number of amides is 1. The lowest BCUT2D eigenvalue weighted by Crippen LogP contribution is -2.48. The molecule has 0 spiro atoms. The Morgan fingerprint density at radius 2 is 2.11 bits per heavy atom. The zero-order chi connectivity index (χ0) is 13.4. The Labute approximate surface area is 111 Å². The van der Waals surface area contributed by atoms with Crippen LogP contribution in [-0.2, 0) is 0 Å². The van der Waals surface area contributed by atoms with Gasteiger partial charge in [-0.2, -0.15) is 0 Å². The Kier molecular flexibility index (Phi) is 2.88. The summed E-state index contributed by atoms with van der Waals surface area (Å²) in [6, 6.07) is 0. The maximum absolute atomic E-state index is 10.9. The Hall–Kier alpha value is -2.05. The number of nitrogens with one attached hydrogen (secondary N) is 1. The van der Waals surface area contributed by atoms with Gasteiger partial charge in [-0.3, -0.25) is 0 Å². The molecule has 3 heterocycles. The summed E-state index contributed by atoms with van der Waals surface area (Å²) in [6.07, 6.45) is 0.727. The largest absolute Gasteiger partial charge is 0.465 e. The van der Waals surface area contributed by atoms with Gasteiger partial charge in [-0.05, 0) is 0 Å². The predicted molar refractivity (Wildman–Crippen MR) is 70.7 cm³/mol. The second-order valence-corrected chi connectivity index (χ2v) is 5.00. The van der Waals surface area contributed by atoms with Crippen LogP contribution in [0.2, 0.25) is 0 Å². The molecule has 2 aliphatic rings. The highest BCUT2D eigenvalue weighted by molar-refractivity contribution is 5.67. The van der Waals surface area contributed by atoms with Gasteiger partial charge in [0.05, 0.1) is 0 Å². The molecule has 0 saturated carbocycles. The number of rotatable bonds is 1. The number of hydrogen-bond donors (Lipinski definition) is 2. The molecule has 1 saturated heterocycles. The normalized spacial score (nSPS) is 22.1. The van der Waals surface area contributed by atoms with Crippen molar-refractivity contribution in [1.82, 2.24) is 14.9 Å². The minimum atomic E-state index is -0.845. The molecule has 0 aromatic carbocycles. The summed E-state index contributed by atoms with van der Waals surface area (Å²) in [4.78, 5) is 23.2. The van der Waals surface area contributed by atoms with E-state index >= 15 is 0 Å². The van der Waals surface area contributed by atoms with Gasteiger partial charge in [-0.1, -0.05) is 6.92 Å². The van der Waals surface area contributed by atoms with E-state index in [1.165, 1.54) is 4.90 Å². The van der Waals surface area contributed by atoms with Crippen molar-refractivity contribution >= 4 is 17.7 Å². The van der Waals surface area contributed by atoms with Gasteiger partial charge in [0, 0.05) is 44.2 Å². The van der Waals surface area contributed by atoms with Crippen molar-refractivity contribution in [2.75, 3.05) is 42.9 Å². The molecule has 1 unspecified atom stereocenters. The van der Waals surface area contributed by atoms with Crippen LogP contribution in [0.25, 0.3) is 0 Å². The summed E-state index contributed by atoms with van der Waals surface area (Å²) in [5, 5.41) is 12.2. The Balaban J connectivity index is 1.81. The van der Waals surface area contributed by atoms with Gasteiger partial charge in [0.2, 0.25) is 0 Å². The molecule has 102 valence electrons. The third kappa shape index (κ3) is 2.05. The molecule has 19 heavy (non-hydrogen) atoms. The lowest BCUT2D eigenvalue weighted by molar-refractivity contribution is 0.142. The number of aromatic nitrogens is 2. The highest BCUT2D eigenvalue weighted by atomic mass is 16.4. The number of piperazine rings is 1. The minimum absolute atomic E-state index is 0.392. The zero-order valence-electron chi connectivity index (χ0n) is 10.8. The summed E-state index contributed by atoms with van der Waals surface area (Å²) in [6.45, 7) is 5.45. The van der Waals surface area contributed by atoms with Crippen molar-refractivity contribution in [3.05, 3.63) is 11.9 Å². The average molecular weight is 263 g/mol. The Morgan fingerprint density at radius 3 is 2.79 bits per heavy atom. The Bertz CT molecular complexity index is 499. The third-order valence-corrected chi connectivity index (χ3v) is 3.78. The van der Waals surface area contributed by atoms with E-state index in [-0.39, 0.29) is 0 Å². The molecule has 0 bridgehead atoms. The molecule has 3 rings (SSSR count). The van der Waals surface area contributed by atoms with E-state index in [4.69, 9.17) is 5.11 Å². The molecule has 1 fully saturated rings. The zero-order valence-corrected chi connectivity index (χ0v) is 10.8. The van der Waals surface area contributed by atoms with Crippen LogP contribution < -0.4 is 10.2 Å². The molecule has 2 aliphatic heterocycles. The quantitative estimate of drug-likeness (QED) is 0.780. The lowest BCUT2D eigenvalue weighted by atomic mass is 10.1. The van der Waals surface area contributed by atoms with Crippen LogP contribution >= 0.6 is 0 Å². The fraction of sp³-hybridized carbons (Fsp3) is 0.583. The van der Waals surface area contributed by atoms with E-state index in [1.54, 1.807) is 6.33 Å². The highest BCUT2D eigenvalue weighted by Gasteiger charge is 2.29. The van der Waals surface area contributed by atoms with Crippen molar-refractivity contribution in [1.29, 1.82) is 0 Å². The molecule has 0 radical (unpaired) electrons. The standard InChI is InChI=1S/C12H17N5O2/c1-8-6-13-10-9(8)11(15-7-14-10)16-2-4-17(5-3-16)12(18)19/h7-8H,2-6H2,1H3,(H,18,19)(H,13,14,15). The van der Waals surface area contributed by atoms with Crippen LogP contribution in [0.15, 0.2) is 6.33 Å². The molecule has 0 aliphatic carbocycles. The molecule has 1 aromatic rings. The Morgan fingerprint density at radius 1 is 1.37 bits per heavy atom. The van der Waals surface area contributed by atoms with Gasteiger partial charge in [0.25, 0.3) is 0 Å². The van der Waals surface area contributed by atoms with Crippen LogP contribution in [0.5, 0.6) is 0 Å². The molecule has 1 aromatic heterocycles. The van der Waals surface area contributed by atoms with Crippen molar-refractivity contribution in [3.63, 3.8) is 0 Å². The SMILES string of the molecule is CC1CNc2ncnc(N3CCN(C(=O)O)CC3)c21. The fourth-order valence-electron chi connectivity index (χ4n) is 2.69. The smallest absolute Gasteiger partial charge is 0.407 e. The summed E-state index contributed by atoms with van der Waals surface area (Å²) in [7, 11) is 0. The number of carboxylic acid groups (broad SMARTS) is 1. The minimum Gasteiger partial charge on any atom is -0.465 e. The van der Waals surface area contributed by atoms with Crippen LogP contribution in [0.3, 0.4) is 0 Å². The number of nitrogens with zero attached hydrogens (tertiary/aromatic N) is 4. The summed E-state index contributed by atoms with van der Waals surface area (Å²) >= 11 is 0. The van der Waals surface area contributed by atoms with E-state index in [1.807, 2.05) is 0 Å². The highest BCUT2D eigenvalue weighted by Crippen LogP contribution is 2.35. The van der Waals surface area contributed by atoms with Crippen LogP contribution in [0, 0.1) is 0 Å². The van der Waals surface area contributed by atoms with Crippen LogP contribution in [-0.4, -0.2) is 58.8 Å². The van der Waals surface area contributed by atoms with Crippen LogP contribution in [0.1, 0.15) is 18.4 Å². The van der Waals surface area contributed by atoms with E-state index in [2.05, 4.69) is 27.1 Å². The maximum Gasteiger partial charge on any atom is 0.407 e. The molecular weight excluding hydrogens is 246 g/mol. The monoisotopic (exact) mass is 263 g/mol. The second-order valence-electron chi connectivity index (χ2n) is 5.00. The van der Waals surface area contributed by atoms with Crippen LogP contribution in [0.4, 0.5) is 16.4 Å². The van der Waals surface area contributed by atoms with E-state index in [0.29, 0.717) is 32.1 Å². The fourth-order valence-corrected chi connectivity index (χ4v) is 2.69. The lowest BCUT2D eigenvalue weighted by Gasteiger charge is -2.34. The molecule has 7 heteroatoms. The summed E-state index contributed by atoms with van der Waals surface area (Å²) in [5.41, 5.74) is 1.16. The van der Waals surface area contributed by atoms with Gasteiger partial charge in [-0.15, -0.1) is 0 Å². The van der Waals surface area contributed by atoms with Crippen molar-refractivity contribution < 1.29 is 9.90 Å². The molecular formula is C12H17N5O2. The van der Waals surface area contributed by atoms with Crippen molar-refractivity contribution in [2.45, 2.75) is 12.8 Å². The topological polar surface area (TPSA) is 81.6 Å². The van der Waals surface area contributed by atoms with E-state index in [0.717, 1.165) is 23.7 Å². The third-order valence-electron chi connectivity index (χ3n) is 3.78. The van der Waals surface area contributed by atoms with E-state index < -0.39 is 6.09 Å². The number of anilines is 2. The van der Waals surface area contributed by atoms with Crippen molar-refractivity contribution in [3.8, 4) is 0 Å². The van der Waals surface area contributed by atoms with Gasteiger partial charge < -0.3 is 20.2 Å². The number of hydrogen-bond acceptors (Lipinski definition) is 5. The van der Waals surface area contributed by atoms with E-state index in [9.17, 15) is 4.79 Å². The average Bonchev–Trinajstić information content (AvgIpc) is 2.81. The van der Waals surface area contributed by atoms with Gasteiger partial charge in [0.1, 0.15) is 18.0 Å². The first-order chi connectivity index (χ1) is 9.16. The van der Waals surface area contributed by atoms with Gasteiger partial charge in [-0.25, -0.2) is 14.8 Å². The number of carbonyl (C=O) groups is 1. The van der Waals surface area contributed by atoms with Gasteiger partial charge >= 0.3 is 6.09 Å². The molecule has 1 atom stereocenters. The first-order valence-corrected chi connectivity index (χ1v) is 6.48. The van der Waals surface area contributed by atoms with Crippen molar-refractivity contribution in [2.24, 2.45) is 0 Å².